The molecule has 1 atom stereocenters. The normalized spacial score (nSPS) is 18.6. The molecule has 2 aliphatic heterocycles. The fourth-order valence-corrected chi connectivity index (χ4v) is 5.95. The number of H-pyrrole nitrogens is 1. The molecular formula is C31H36N6O3. The fourth-order valence-electron chi connectivity index (χ4n) is 5.95. The fraction of sp³-hybridized carbons (Fsp3) is 0.419. The van der Waals surface area contributed by atoms with Crippen molar-refractivity contribution in [1.29, 1.82) is 0 Å². The highest BCUT2D eigenvalue weighted by Gasteiger charge is 2.35. The van der Waals surface area contributed by atoms with E-state index in [1.807, 2.05) is 58.5 Å². The van der Waals surface area contributed by atoms with Gasteiger partial charge < -0.3 is 19.6 Å². The summed E-state index contributed by atoms with van der Waals surface area (Å²) in [5.74, 6) is 1.03. The zero-order valence-electron chi connectivity index (χ0n) is 23.3. The van der Waals surface area contributed by atoms with E-state index in [-0.39, 0.29) is 23.3 Å². The quantitative estimate of drug-likeness (QED) is 0.374. The summed E-state index contributed by atoms with van der Waals surface area (Å²) >= 11 is 0. The van der Waals surface area contributed by atoms with Gasteiger partial charge in [0.1, 0.15) is 17.5 Å². The van der Waals surface area contributed by atoms with Crippen molar-refractivity contribution in [1.82, 2.24) is 30.5 Å². The van der Waals surface area contributed by atoms with Gasteiger partial charge in [-0.3, -0.25) is 9.89 Å². The predicted octanol–water partition coefficient (Wildman–Crippen LogP) is 5.11. The SMILES string of the molecule is CC(C)(C)CN1Cc2c(ccc3[nH]ncc23)CC(NC(=O)N2CCC(c3cc(-c4ccccc4)no3)CC2)C1=O. The minimum absolute atomic E-state index is 0.0406. The number of carbonyl (C=O) groups is 2. The highest BCUT2D eigenvalue weighted by Crippen LogP contribution is 2.32. The first-order chi connectivity index (χ1) is 19.2. The van der Waals surface area contributed by atoms with Crippen molar-refractivity contribution < 1.29 is 14.1 Å². The summed E-state index contributed by atoms with van der Waals surface area (Å²) < 4.78 is 5.69. The third-order valence-corrected chi connectivity index (χ3v) is 7.96. The van der Waals surface area contributed by atoms with Gasteiger partial charge in [-0.15, -0.1) is 0 Å². The van der Waals surface area contributed by atoms with Gasteiger partial charge in [-0.1, -0.05) is 62.3 Å². The third kappa shape index (κ3) is 5.33. The van der Waals surface area contributed by atoms with Crippen LogP contribution < -0.4 is 5.32 Å². The zero-order valence-corrected chi connectivity index (χ0v) is 23.3. The van der Waals surface area contributed by atoms with E-state index in [4.69, 9.17) is 4.52 Å². The second-order valence-electron chi connectivity index (χ2n) is 12.2. The van der Waals surface area contributed by atoms with Crippen molar-refractivity contribution in [3.8, 4) is 11.3 Å². The summed E-state index contributed by atoms with van der Waals surface area (Å²) in [7, 11) is 0. The van der Waals surface area contributed by atoms with Crippen molar-refractivity contribution in [3.63, 3.8) is 0 Å². The van der Waals surface area contributed by atoms with Crippen LogP contribution in [-0.2, 0) is 17.8 Å². The minimum atomic E-state index is -0.624. The second-order valence-corrected chi connectivity index (χ2v) is 12.2. The Morgan fingerprint density at radius 2 is 1.90 bits per heavy atom. The number of hydrogen-bond donors (Lipinski definition) is 2. The molecule has 1 saturated heterocycles. The molecule has 6 rings (SSSR count). The number of urea groups is 1. The molecular weight excluding hydrogens is 504 g/mol. The lowest BCUT2D eigenvalue weighted by molar-refractivity contribution is -0.134. The molecule has 0 radical (unpaired) electrons. The lowest BCUT2D eigenvalue weighted by Crippen LogP contribution is -2.54. The van der Waals surface area contributed by atoms with Crippen LogP contribution in [0.2, 0.25) is 0 Å². The molecule has 0 aliphatic carbocycles. The number of aromatic nitrogens is 3. The zero-order chi connectivity index (χ0) is 27.9. The number of rotatable bonds is 4. The first kappa shape index (κ1) is 26.1. The first-order valence-corrected chi connectivity index (χ1v) is 14.1. The topological polar surface area (TPSA) is 107 Å². The number of amides is 3. The van der Waals surface area contributed by atoms with Crippen molar-refractivity contribution in [2.75, 3.05) is 19.6 Å². The Morgan fingerprint density at radius 1 is 1.12 bits per heavy atom. The Balaban J connectivity index is 1.14. The van der Waals surface area contributed by atoms with Gasteiger partial charge in [0.05, 0.1) is 11.7 Å². The number of aromatic amines is 1. The lowest BCUT2D eigenvalue weighted by atomic mass is 9.94. The minimum Gasteiger partial charge on any atom is -0.360 e. The molecule has 0 spiro atoms. The Morgan fingerprint density at radius 3 is 2.65 bits per heavy atom. The van der Waals surface area contributed by atoms with Gasteiger partial charge in [-0.2, -0.15) is 5.10 Å². The molecule has 1 fully saturated rings. The van der Waals surface area contributed by atoms with E-state index in [1.165, 1.54) is 0 Å². The van der Waals surface area contributed by atoms with Crippen molar-refractivity contribution in [3.05, 3.63) is 71.6 Å². The Hall–Kier alpha value is -4.14. The molecule has 2 aromatic heterocycles. The maximum atomic E-state index is 13.8. The van der Waals surface area contributed by atoms with Crippen LogP contribution in [0.3, 0.4) is 0 Å². The molecule has 4 heterocycles. The molecule has 9 heteroatoms. The number of benzene rings is 2. The largest absolute Gasteiger partial charge is 0.360 e. The number of carbonyl (C=O) groups excluding carboxylic acids is 2. The summed E-state index contributed by atoms with van der Waals surface area (Å²) in [6, 6.07) is 15.2. The van der Waals surface area contributed by atoms with Crippen LogP contribution in [0.4, 0.5) is 4.79 Å². The number of piperidine rings is 1. The van der Waals surface area contributed by atoms with Crippen LogP contribution in [0.1, 0.15) is 56.4 Å². The number of nitrogens with zero attached hydrogens (tertiary/aromatic N) is 4. The lowest BCUT2D eigenvalue weighted by Gasteiger charge is -2.34. The van der Waals surface area contributed by atoms with E-state index < -0.39 is 6.04 Å². The van der Waals surface area contributed by atoms with Crippen LogP contribution in [0.15, 0.2) is 59.3 Å². The van der Waals surface area contributed by atoms with Crippen LogP contribution in [0, 0.1) is 5.41 Å². The van der Waals surface area contributed by atoms with Crippen molar-refractivity contribution in [2.45, 2.75) is 58.5 Å². The average molecular weight is 541 g/mol. The van der Waals surface area contributed by atoms with Gasteiger partial charge in [0, 0.05) is 55.5 Å². The standard InChI is InChI=1S/C31H36N6O3/c1-31(2,3)19-37-18-24-22(9-10-25-23(24)17-32-34-25)15-27(29(37)38)33-30(39)36-13-11-21(12-14-36)28-16-26(35-40-28)20-7-5-4-6-8-20/h4-10,16-17,21,27H,11-15,18-19H2,1-3H3,(H,32,34)(H,33,39). The first-order valence-electron chi connectivity index (χ1n) is 14.1. The van der Waals surface area contributed by atoms with Gasteiger partial charge in [0.2, 0.25) is 5.91 Å². The van der Waals surface area contributed by atoms with Crippen LogP contribution in [0.5, 0.6) is 0 Å². The molecule has 3 amide bonds. The van der Waals surface area contributed by atoms with E-state index in [9.17, 15) is 9.59 Å². The molecule has 2 aromatic carbocycles. The Bertz CT molecular complexity index is 1510. The van der Waals surface area contributed by atoms with Crippen LogP contribution >= 0.6 is 0 Å². The second kappa shape index (κ2) is 10.4. The van der Waals surface area contributed by atoms with E-state index >= 15 is 0 Å². The average Bonchev–Trinajstić information content (AvgIpc) is 3.61. The summed E-state index contributed by atoms with van der Waals surface area (Å²) in [5.41, 5.74) is 4.90. The third-order valence-electron chi connectivity index (χ3n) is 7.96. The molecule has 2 aliphatic rings. The highest BCUT2D eigenvalue weighted by molar-refractivity contribution is 5.90. The van der Waals surface area contributed by atoms with Gasteiger partial charge in [-0.25, -0.2) is 4.79 Å². The maximum Gasteiger partial charge on any atom is 0.318 e. The van der Waals surface area contributed by atoms with E-state index in [0.29, 0.717) is 32.6 Å². The van der Waals surface area contributed by atoms with Crippen LogP contribution in [-0.4, -0.2) is 62.8 Å². The number of nitrogens with one attached hydrogen (secondary N) is 2. The predicted molar refractivity (Wildman–Crippen MR) is 152 cm³/mol. The monoisotopic (exact) mass is 540 g/mol. The molecule has 0 bridgehead atoms. The van der Waals surface area contributed by atoms with Gasteiger partial charge in [0.25, 0.3) is 0 Å². The molecule has 208 valence electrons. The molecule has 0 saturated carbocycles. The van der Waals surface area contributed by atoms with Gasteiger partial charge in [0.15, 0.2) is 0 Å². The smallest absolute Gasteiger partial charge is 0.318 e. The molecule has 9 nitrogen and oxygen atoms in total. The molecule has 1 unspecified atom stereocenters. The Labute approximate surface area is 233 Å². The summed E-state index contributed by atoms with van der Waals surface area (Å²) in [6.45, 7) is 8.66. The number of likely N-dealkylation sites (tertiary alicyclic amines) is 1. The highest BCUT2D eigenvalue weighted by atomic mass is 16.5. The summed E-state index contributed by atoms with van der Waals surface area (Å²) in [6.07, 6.45) is 3.85. The molecule has 2 N–H and O–H groups in total. The van der Waals surface area contributed by atoms with Crippen molar-refractivity contribution in [2.24, 2.45) is 5.41 Å². The number of hydrogen-bond acceptors (Lipinski definition) is 5. The van der Waals surface area contributed by atoms with E-state index in [2.05, 4.69) is 47.5 Å². The summed E-state index contributed by atoms with van der Waals surface area (Å²) in [4.78, 5) is 30.9. The molecule has 4 aromatic rings. The van der Waals surface area contributed by atoms with Crippen LogP contribution in [0.25, 0.3) is 22.2 Å². The van der Waals surface area contributed by atoms with Gasteiger partial charge >= 0.3 is 6.03 Å². The Kier molecular flexibility index (Phi) is 6.82. The number of fused-ring (bicyclic) bond motifs is 3. The molecule has 40 heavy (non-hydrogen) atoms. The summed E-state index contributed by atoms with van der Waals surface area (Å²) in [5, 5.41) is 15.6. The van der Waals surface area contributed by atoms with Crippen molar-refractivity contribution >= 4 is 22.8 Å². The maximum absolute atomic E-state index is 13.8. The van der Waals surface area contributed by atoms with E-state index in [0.717, 1.165) is 51.9 Å². The van der Waals surface area contributed by atoms with Gasteiger partial charge in [-0.05, 0) is 35.4 Å². The van der Waals surface area contributed by atoms with E-state index in [1.54, 1.807) is 0 Å².